The second kappa shape index (κ2) is 7.00. The summed E-state index contributed by atoms with van der Waals surface area (Å²) in [5.74, 6) is 0. The fraction of sp³-hybridized carbons (Fsp3) is 0.438. The van der Waals surface area contributed by atoms with Gasteiger partial charge in [-0.25, -0.2) is 0 Å². The van der Waals surface area contributed by atoms with Crippen LogP contribution in [0.1, 0.15) is 31.9 Å². The Morgan fingerprint density at radius 1 is 1.22 bits per heavy atom. The molecule has 0 aliphatic carbocycles. The molecule has 1 aromatic rings. The first-order valence-corrected chi connectivity index (χ1v) is 6.42. The van der Waals surface area contributed by atoms with E-state index < -0.39 is 0 Å². The summed E-state index contributed by atoms with van der Waals surface area (Å²) in [6.45, 7) is 10.5. The molecule has 18 heavy (non-hydrogen) atoms. The zero-order valence-corrected chi connectivity index (χ0v) is 11.6. The molecule has 0 aliphatic heterocycles. The van der Waals surface area contributed by atoms with Crippen molar-refractivity contribution in [2.24, 2.45) is 10.6 Å². The molecule has 1 rings (SSSR count). The Kier molecular flexibility index (Phi) is 5.63. The Morgan fingerprint density at radius 3 is 2.39 bits per heavy atom. The molecule has 1 aromatic carbocycles. The standard InChI is InChI=1S/C16H23NO/c1-5-11-18-17-13-16(3,4)12-15-9-7-14(6-2)8-10-15/h5,7-10,13H,1,6,11-12H2,2-4H3/b17-13+. The van der Waals surface area contributed by atoms with Crippen molar-refractivity contribution in [1.29, 1.82) is 0 Å². The van der Waals surface area contributed by atoms with Crippen molar-refractivity contribution in [1.82, 2.24) is 0 Å². The van der Waals surface area contributed by atoms with Crippen molar-refractivity contribution in [2.45, 2.75) is 33.6 Å². The molecular weight excluding hydrogens is 222 g/mol. The molecule has 0 heterocycles. The van der Waals surface area contributed by atoms with E-state index in [4.69, 9.17) is 4.84 Å². The van der Waals surface area contributed by atoms with Gasteiger partial charge in [-0.3, -0.25) is 0 Å². The van der Waals surface area contributed by atoms with E-state index in [1.54, 1.807) is 6.08 Å². The largest absolute Gasteiger partial charge is 0.392 e. The Hall–Kier alpha value is -1.57. The lowest BCUT2D eigenvalue weighted by atomic mass is 9.87. The van der Waals surface area contributed by atoms with Crippen LogP contribution in [0.3, 0.4) is 0 Å². The Bertz CT molecular complexity index is 390. The van der Waals surface area contributed by atoms with Crippen molar-refractivity contribution in [3.8, 4) is 0 Å². The van der Waals surface area contributed by atoms with Gasteiger partial charge in [0.15, 0.2) is 0 Å². The third kappa shape index (κ3) is 5.17. The highest BCUT2D eigenvalue weighted by Crippen LogP contribution is 2.20. The zero-order valence-electron chi connectivity index (χ0n) is 11.6. The van der Waals surface area contributed by atoms with Gasteiger partial charge in [-0.2, -0.15) is 0 Å². The van der Waals surface area contributed by atoms with Crippen LogP contribution in [0.5, 0.6) is 0 Å². The van der Waals surface area contributed by atoms with Crippen molar-refractivity contribution < 1.29 is 4.84 Å². The summed E-state index contributed by atoms with van der Waals surface area (Å²) in [6, 6.07) is 8.77. The predicted molar refractivity (Wildman–Crippen MR) is 77.9 cm³/mol. The molecule has 0 unspecified atom stereocenters. The molecule has 0 aliphatic rings. The number of oxime groups is 1. The Labute approximate surface area is 110 Å². The third-order valence-electron chi connectivity index (χ3n) is 2.76. The van der Waals surface area contributed by atoms with Gasteiger partial charge in [0.05, 0.1) is 0 Å². The minimum absolute atomic E-state index is 0.00506. The lowest BCUT2D eigenvalue weighted by molar-refractivity contribution is 0.173. The highest BCUT2D eigenvalue weighted by atomic mass is 16.6. The smallest absolute Gasteiger partial charge is 0.135 e. The molecule has 0 saturated carbocycles. The molecule has 0 fully saturated rings. The van der Waals surface area contributed by atoms with Gasteiger partial charge < -0.3 is 4.84 Å². The van der Waals surface area contributed by atoms with E-state index in [9.17, 15) is 0 Å². The molecule has 0 aromatic heterocycles. The second-order valence-corrected chi connectivity index (χ2v) is 5.15. The quantitative estimate of drug-likeness (QED) is 0.308. The zero-order chi connectivity index (χ0) is 13.4. The van der Waals surface area contributed by atoms with Gasteiger partial charge in [0.2, 0.25) is 0 Å². The number of nitrogens with zero attached hydrogens (tertiary/aromatic N) is 1. The first-order chi connectivity index (χ1) is 8.57. The fourth-order valence-electron chi connectivity index (χ4n) is 1.74. The maximum Gasteiger partial charge on any atom is 0.135 e. The molecule has 2 nitrogen and oxygen atoms in total. The lowest BCUT2D eigenvalue weighted by Gasteiger charge is -2.18. The molecule has 0 atom stereocenters. The van der Waals surface area contributed by atoms with Gasteiger partial charge in [-0.05, 0) is 24.0 Å². The summed E-state index contributed by atoms with van der Waals surface area (Å²) < 4.78 is 0. The first kappa shape index (κ1) is 14.5. The van der Waals surface area contributed by atoms with Crippen LogP contribution in [-0.4, -0.2) is 12.8 Å². The summed E-state index contributed by atoms with van der Waals surface area (Å²) in [7, 11) is 0. The number of hydrogen-bond acceptors (Lipinski definition) is 2. The number of aryl methyl sites for hydroxylation is 1. The van der Waals surface area contributed by atoms with Gasteiger partial charge in [-0.1, -0.05) is 62.8 Å². The van der Waals surface area contributed by atoms with Crippen molar-refractivity contribution in [2.75, 3.05) is 6.61 Å². The minimum atomic E-state index is -0.00506. The van der Waals surface area contributed by atoms with Crippen LogP contribution in [0.25, 0.3) is 0 Å². The minimum Gasteiger partial charge on any atom is -0.392 e. The maximum absolute atomic E-state index is 5.04. The highest BCUT2D eigenvalue weighted by molar-refractivity contribution is 5.64. The fourth-order valence-corrected chi connectivity index (χ4v) is 1.74. The van der Waals surface area contributed by atoms with Crippen LogP contribution in [0.2, 0.25) is 0 Å². The van der Waals surface area contributed by atoms with Crippen molar-refractivity contribution >= 4 is 6.21 Å². The molecule has 0 bridgehead atoms. The van der Waals surface area contributed by atoms with Crippen LogP contribution in [-0.2, 0) is 17.7 Å². The molecular formula is C16H23NO. The summed E-state index contributed by atoms with van der Waals surface area (Å²) >= 11 is 0. The maximum atomic E-state index is 5.04. The molecule has 98 valence electrons. The summed E-state index contributed by atoms with van der Waals surface area (Å²) in [6.07, 6.45) is 5.59. The molecule has 0 radical (unpaired) electrons. The normalized spacial score (nSPS) is 11.7. The van der Waals surface area contributed by atoms with Crippen LogP contribution < -0.4 is 0 Å². The van der Waals surface area contributed by atoms with Crippen molar-refractivity contribution in [3.63, 3.8) is 0 Å². The van der Waals surface area contributed by atoms with E-state index in [0.29, 0.717) is 6.61 Å². The van der Waals surface area contributed by atoms with E-state index in [-0.39, 0.29) is 5.41 Å². The Morgan fingerprint density at radius 2 is 1.83 bits per heavy atom. The average Bonchev–Trinajstić information content (AvgIpc) is 2.35. The first-order valence-electron chi connectivity index (χ1n) is 6.42. The molecule has 0 amide bonds. The van der Waals surface area contributed by atoms with E-state index >= 15 is 0 Å². The average molecular weight is 245 g/mol. The van der Waals surface area contributed by atoms with Crippen LogP contribution >= 0.6 is 0 Å². The number of hydrogen-bond donors (Lipinski definition) is 0. The highest BCUT2D eigenvalue weighted by Gasteiger charge is 2.16. The van der Waals surface area contributed by atoms with E-state index in [1.807, 2.05) is 6.21 Å². The van der Waals surface area contributed by atoms with E-state index in [2.05, 4.69) is 56.8 Å². The second-order valence-electron chi connectivity index (χ2n) is 5.15. The predicted octanol–water partition coefficient (Wildman–Crippen LogP) is 4.01. The van der Waals surface area contributed by atoms with Crippen molar-refractivity contribution in [3.05, 3.63) is 48.0 Å². The van der Waals surface area contributed by atoms with Crippen LogP contribution in [0.4, 0.5) is 0 Å². The molecule has 0 N–H and O–H groups in total. The molecule has 2 heteroatoms. The van der Waals surface area contributed by atoms with Crippen LogP contribution in [0.15, 0.2) is 42.1 Å². The monoisotopic (exact) mass is 245 g/mol. The number of rotatable bonds is 7. The van der Waals surface area contributed by atoms with Gasteiger partial charge in [0.25, 0.3) is 0 Å². The lowest BCUT2D eigenvalue weighted by Crippen LogP contribution is -2.17. The Balaban J connectivity index is 2.57. The molecule has 0 spiro atoms. The van der Waals surface area contributed by atoms with Gasteiger partial charge in [-0.15, -0.1) is 0 Å². The van der Waals surface area contributed by atoms with Gasteiger partial charge >= 0.3 is 0 Å². The topological polar surface area (TPSA) is 21.6 Å². The SMILES string of the molecule is C=CCO/N=C/C(C)(C)Cc1ccc(CC)cc1. The third-order valence-corrected chi connectivity index (χ3v) is 2.76. The van der Waals surface area contributed by atoms with E-state index in [1.165, 1.54) is 11.1 Å². The molecule has 0 saturated heterocycles. The summed E-state index contributed by atoms with van der Waals surface area (Å²) in [5, 5.41) is 3.97. The van der Waals surface area contributed by atoms with Crippen LogP contribution in [0, 0.1) is 5.41 Å². The summed E-state index contributed by atoms with van der Waals surface area (Å²) in [5.41, 5.74) is 2.70. The van der Waals surface area contributed by atoms with E-state index in [0.717, 1.165) is 12.8 Å². The van der Waals surface area contributed by atoms with Gasteiger partial charge in [0.1, 0.15) is 6.61 Å². The summed E-state index contributed by atoms with van der Waals surface area (Å²) in [4.78, 5) is 5.04. The number of benzene rings is 1. The van der Waals surface area contributed by atoms with Gasteiger partial charge in [0, 0.05) is 11.6 Å².